The van der Waals surface area contributed by atoms with Crippen LogP contribution in [0.3, 0.4) is 0 Å². The molecule has 13 heavy (non-hydrogen) atoms. The lowest BCUT2D eigenvalue weighted by molar-refractivity contribution is 0.00912. The van der Waals surface area contributed by atoms with Crippen molar-refractivity contribution in [3.05, 3.63) is 0 Å². The van der Waals surface area contributed by atoms with E-state index in [0.29, 0.717) is 0 Å². The lowest BCUT2D eigenvalue weighted by Gasteiger charge is -2.31. The largest absolute Gasteiger partial charge is 0.393 e. The van der Waals surface area contributed by atoms with Gasteiger partial charge in [-0.1, -0.05) is 0 Å². The molecule has 0 radical (unpaired) electrons. The summed E-state index contributed by atoms with van der Waals surface area (Å²) >= 11 is 0. The van der Waals surface area contributed by atoms with Crippen LogP contribution in [-0.2, 0) is 4.74 Å². The summed E-state index contributed by atoms with van der Waals surface area (Å²) in [6.07, 6.45) is 2.25. The predicted octanol–water partition coefficient (Wildman–Crippen LogP) is 0.480. The molecule has 1 unspecified atom stereocenters. The number of rotatable bonds is 3. The van der Waals surface area contributed by atoms with Crippen molar-refractivity contribution < 1.29 is 9.84 Å². The van der Waals surface area contributed by atoms with Crippen LogP contribution in [0.25, 0.3) is 0 Å². The number of ether oxygens (including phenoxy) is 1. The Labute approximate surface area is 79.7 Å². The lowest BCUT2D eigenvalue weighted by Crippen LogP contribution is -2.42. The van der Waals surface area contributed by atoms with Crippen molar-refractivity contribution in [2.45, 2.75) is 25.9 Å². The summed E-state index contributed by atoms with van der Waals surface area (Å²) < 4.78 is 5.29. The standard InChI is InChI=1S/C10H19NO2/c1-9(12)10(2-3-10)8-11-4-6-13-7-5-11/h9,12H,2-8H2,1H3. The third-order valence-electron chi connectivity index (χ3n) is 3.42. The molecule has 2 rings (SSSR count). The van der Waals surface area contributed by atoms with E-state index in [-0.39, 0.29) is 11.5 Å². The van der Waals surface area contributed by atoms with E-state index in [0.717, 1.165) is 32.8 Å². The number of hydrogen-bond donors (Lipinski definition) is 1. The van der Waals surface area contributed by atoms with Gasteiger partial charge in [0.2, 0.25) is 0 Å². The molecule has 1 N–H and O–H groups in total. The van der Waals surface area contributed by atoms with Crippen molar-refractivity contribution in [2.24, 2.45) is 5.41 Å². The highest BCUT2D eigenvalue weighted by Gasteiger charge is 2.47. The van der Waals surface area contributed by atoms with Crippen molar-refractivity contribution >= 4 is 0 Å². The monoisotopic (exact) mass is 185 g/mol. The van der Waals surface area contributed by atoms with Gasteiger partial charge in [-0.05, 0) is 19.8 Å². The highest BCUT2D eigenvalue weighted by atomic mass is 16.5. The van der Waals surface area contributed by atoms with E-state index in [2.05, 4.69) is 4.90 Å². The molecule has 0 amide bonds. The maximum Gasteiger partial charge on any atom is 0.0594 e. The van der Waals surface area contributed by atoms with E-state index < -0.39 is 0 Å². The molecule has 0 spiro atoms. The number of nitrogens with zero attached hydrogens (tertiary/aromatic N) is 1. The number of hydrogen-bond acceptors (Lipinski definition) is 3. The second-order valence-corrected chi connectivity index (χ2v) is 4.43. The first-order chi connectivity index (χ1) is 6.23. The van der Waals surface area contributed by atoms with Crippen LogP contribution in [-0.4, -0.2) is 49.0 Å². The van der Waals surface area contributed by atoms with Crippen molar-refractivity contribution in [1.82, 2.24) is 4.90 Å². The quantitative estimate of drug-likeness (QED) is 0.694. The van der Waals surface area contributed by atoms with Crippen LogP contribution in [0.15, 0.2) is 0 Å². The van der Waals surface area contributed by atoms with Gasteiger partial charge in [-0.15, -0.1) is 0 Å². The Morgan fingerprint density at radius 3 is 2.46 bits per heavy atom. The highest BCUT2D eigenvalue weighted by molar-refractivity contribution is 4.99. The summed E-state index contributed by atoms with van der Waals surface area (Å²) in [6, 6.07) is 0. The Hall–Kier alpha value is -0.120. The summed E-state index contributed by atoms with van der Waals surface area (Å²) in [4.78, 5) is 2.42. The summed E-state index contributed by atoms with van der Waals surface area (Å²) in [5.74, 6) is 0. The van der Waals surface area contributed by atoms with Crippen molar-refractivity contribution in [3.8, 4) is 0 Å². The Kier molecular flexibility index (Phi) is 2.58. The first-order valence-corrected chi connectivity index (χ1v) is 5.21. The molecule has 2 fully saturated rings. The minimum atomic E-state index is -0.143. The van der Waals surface area contributed by atoms with Crippen LogP contribution in [0.4, 0.5) is 0 Å². The fraction of sp³-hybridized carbons (Fsp3) is 1.00. The highest BCUT2D eigenvalue weighted by Crippen LogP contribution is 2.49. The first-order valence-electron chi connectivity index (χ1n) is 5.21. The van der Waals surface area contributed by atoms with Gasteiger partial charge in [0.25, 0.3) is 0 Å². The van der Waals surface area contributed by atoms with Crippen molar-refractivity contribution in [1.29, 1.82) is 0 Å². The zero-order valence-electron chi connectivity index (χ0n) is 8.33. The third-order valence-corrected chi connectivity index (χ3v) is 3.42. The molecular weight excluding hydrogens is 166 g/mol. The fourth-order valence-electron chi connectivity index (χ4n) is 2.07. The van der Waals surface area contributed by atoms with E-state index in [9.17, 15) is 5.11 Å². The van der Waals surface area contributed by atoms with E-state index >= 15 is 0 Å². The average molecular weight is 185 g/mol. The molecule has 0 aromatic heterocycles. The van der Waals surface area contributed by atoms with Crippen LogP contribution < -0.4 is 0 Å². The zero-order chi connectivity index (χ0) is 9.31. The maximum absolute atomic E-state index is 9.62. The smallest absolute Gasteiger partial charge is 0.0594 e. The Morgan fingerprint density at radius 2 is 2.00 bits per heavy atom. The number of aliphatic hydroxyl groups is 1. The second kappa shape index (κ2) is 3.56. The molecule has 0 bridgehead atoms. The van der Waals surface area contributed by atoms with Crippen LogP contribution in [0, 0.1) is 5.41 Å². The molecule has 3 nitrogen and oxygen atoms in total. The van der Waals surface area contributed by atoms with Crippen molar-refractivity contribution in [2.75, 3.05) is 32.8 Å². The number of morpholine rings is 1. The first kappa shape index (κ1) is 9.44. The summed E-state index contributed by atoms with van der Waals surface area (Å²) in [5, 5.41) is 9.62. The van der Waals surface area contributed by atoms with Crippen LogP contribution in [0.2, 0.25) is 0 Å². The summed E-state index contributed by atoms with van der Waals surface area (Å²) in [7, 11) is 0. The summed E-state index contributed by atoms with van der Waals surface area (Å²) in [6.45, 7) is 6.77. The Bertz CT molecular complexity index is 172. The second-order valence-electron chi connectivity index (χ2n) is 4.43. The molecule has 0 aromatic carbocycles. The normalized spacial score (nSPS) is 30.0. The molecule has 1 aliphatic heterocycles. The van der Waals surface area contributed by atoms with Crippen LogP contribution in [0.5, 0.6) is 0 Å². The molecule has 1 saturated carbocycles. The molecule has 1 heterocycles. The van der Waals surface area contributed by atoms with Crippen LogP contribution in [0.1, 0.15) is 19.8 Å². The van der Waals surface area contributed by atoms with E-state index in [4.69, 9.17) is 4.74 Å². The average Bonchev–Trinajstić information content (AvgIpc) is 2.87. The van der Waals surface area contributed by atoms with Gasteiger partial charge in [0.1, 0.15) is 0 Å². The molecule has 1 saturated heterocycles. The van der Waals surface area contributed by atoms with Gasteiger partial charge >= 0.3 is 0 Å². The van der Waals surface area contributed by atoms with Gasteiger partial charge in [0.15, 0.2) is 0 Å². The third kappa shape index (κ3) is 2.03. The molecule has 1 atom stereocenters. The minimum absolute atomic E-state index is 0.143. The van der Waals surface area contributed by atoms with Gasteiger partial charge in [0.05, 0.1) is 19.3 Å². The maximum atomic E-state index is 9.62. The fourth-order valence-corrected chi connectivity index (χ4v) is 2.07. The lowest BCUT2D eigenvalue weighted by atomic mass is 10.00. The minimum Gasteiger partial charge on any atom is -0.393 e. The molecule has 0 aromatic rings. The zero-order valence-corrected chi connectivity index (χ0v) is 8.33. The number of aliphatic hydroxyl groups excluding tert-OH is 1. The topological polar surface area (TPSA) is 32.7 Å². The summed E-state index contributed by atoms with van der Waals surface area (Å²) in [5.41, 5.74) is 0.233. The molecule has 76 valence electrons. The predicted molar refractivity (Wildman–Crippen MR) is 50.6 cm³/mol. The molecule has 2 aliphatic rings. The van der Waals surface area contributed by atoms with Crippen molar-refractivity contribution in [3.63, 3.8) is 0 Å². The SMILES string of the molecule is CC(O)C1(CN2CCOCC2)CC1. The van der Waals surface area contributed by atoms with E-state index in [1.807, 2.05) is 6.92 Å². The van der Waals surface area contributed by atoms with Gasteiger partial charge in [-0.3, -0.25) is 4.90 Å². The van der Waals surface area contributed by atoms with Gasteiger partial charge in [-0.25, -0.2) is 0 Å². The van der Waals surface area contributed by atoms with E-state index in [1.54, 1.807) is 0 Å². The molecule has 3 heteroatoms. The molecule has 1 aliphatic carbocycles. The van der Waals surface area contributed by atoms with Gasteiger partial charge in [0, 0.05) is 25.0 Å². The van der Waals surface area contributed by atoms with Crippen LogP contribution >= 0.6 is 0 Å². The Morgan fingerprint density at radius 1 is 1.38 bits per heavy atom. The van der Waals surface area contributed by atoms with Gasteiger partial charge < -0.3 is 9.84 Å². The van der Waals surface area contributed by atoms with Gasteiger partial charge in [-0.2, -0.15) is 0 Å². The van der Waals surface area contributed by atoms with E-state index in [1.165, 1.54) is 12.8 Å². The molecular formula is C10H19NO2. The Balaban J connectivity index is 1.82.